The Labute approximate surface area is 100 Å². The van der Waals surface area contributed by atoms with Crippen molar-refractivity contribution in [2.24, 2.45) is 0 Å². The summed E-state index contributed by atoms with van der Waals surface area (Å²) < 4.78 is 16.3. The molecule has 1 aromatic rings. The van der Waals surface area contributed by atoms with Crippen molar-refractivity contribution in [3.8, 4) is 5.88 Å². The van der Waals surface area contributed by atoms with Crippen molar-refractivity contribution in [1.82, 2.24) is 9.78 Å². The van der Waals surface area contributed by atoms with Gasteiger partial charge in [0.05, 0.1) is 6.61 Å². The molecule has 0 N–H and O–H groups in total. The molecular weight excluding hydrogens is 224 g/mol. The summed E-state index contributed by atoms with van der Waals surface area (Å²) in [6.07, 6.45) is 0.968. The van der Waals surface area contributed by atoms with Crippen LogP contribution in [0.5, 0.6) is 5.88 Å². The van der Waals surface area contributed by atoms with Gasteiger partial charge in [0.1, 0.15) is 12.2 Å². The summed E-state index contributed by atoms with van der Waals surface area (Å²) in [6, 6.07) is 1.60. The van der Waals surface area contributed by atoms with Crippen LogP contribution in [0.2, 0.25) is 0 Å². The van der Waals surface area contributed by atoms with Crippen LogP contribution in [0.4, 0.5) is 4.79 Å². The second kappa shape index (κ2) is 5.67. The van der Waals surface area contributed by atoms with Gasteiger partial charge in [-0.25, -0.2) is 4.79 Å². The van der Waals surface area contributed by atoms with E-state index in [1.807, 2.05) is 0 Å². The van der Waals surface area contributed by atoms with E-state index in [4.69, 9.17) is 14.2 Å². The van der Waals surface area contributed by atoms with Crippen molar-refractivity contribution in [2.75, 3.05) is 20.3 Å². The number of nitrogens with zero attached hydrogens (tertiary/aromatic N) is 2. The Morgan fingerprint density at radius 2 is 2.12 bits per heavy atom. The minimum absolute atomic E-state index is 0.368. The molecule has 6 heteroatoms. The van der Waals surface area contributed by atoms with Crippen molar-refractivity contribution >= 4 is 6.09 Å². The van der Waals surface area contributed by atoms with Gasteiger partial charge in [-0.05, 0) is 20.8 Å². The molecule has 0 aliphatic rings. The fourth-order valence-corrected chi connectivity index (χ4v) is 1.02. The van der Waals surface area contributed by atoms with Crippen LogP contribution in [0.1, 0.15) is 20.8 Å². The molecule has 0 fully saturated rings. The van der Waals surface area contributed by atoms with Gasteiger partial charge in [0, 0.05) is 19.4 Å². The van der Waals surface area contributed by atoms with Crippen LogP contribution in [-0.2, 0) is 9.47 Å². The SMILES string of the molecule is COCCOc1ccn(C(=O)OC(C)(C)C)n1. The number of aromatic nitrogens is 2. The lowest BCUT2D eigenvalue weighted by Crippen LogP contribution is -2.27. The van der Waals surface area contributed by atoms with Gasteiger partial charge < -0.3 is 14.2 Å². The third-order valence-corrected chi connectivity index (χ3v) is 1.68. The first-order chi connectivity index (χ1) is 7.92. The zero-order chi connectivity index (χ0) is 12.9. The Morgan fingerprint density at radius 3 is 2.71 bits per heavy atom. The summed E-state index contributed by atoms with van der Waals surface area (Å²) in [5, 5.41) is 3.93. The van der Waals surface area contributed by atoms with Gasteiger partial charge in [-0.1, -0.05) is 0 Å². The van der Waals surface area contributed by atoms with Gasteiger partial charge in [-0.2, -0.15) is 4.68 Å². The smallest absolute Gasteiger partial charge is 0.435 e. The van der Waals surface area contributed by atoms with Crippen LogP contribution in [0.15, 0.2) is 12.3 Å². The molecule has 17 heavy (non-hydrogen) atoms. The molecule has 96 valence electrons. The van der Waals surface area contributed by atoms with E-state index in [1.165, 1.54) is 6.20 Å². The van der Waals surface area contributed by atoms with E-state index in [0.717, 1.165) is 4.68 Å². The molecule has 0 saturated heterocycles. The van der Waals surface area contributed by atoms with Gasteiger partial charge in [0.2, 0.25) is 5.88 Å². The molecule has 0 amide bonds. The van der Waals surface area contributed by atoms with Crippen LogP contribution >= 0.6 is 0 Å². The highest BCUT2D eigenvalue weighted by Crippen LogP contribution is 2.11. The second-order valence-corrected chi connectivity index (χ2v) is 4.42. The standard InChI is InChI=1S/C11H18N2O4/c1-11(2,3)17-10(14)13-6-5-9(12-13)16-8-7-15-4/h5-6H,7-8H2,1-4H3. The van der Waals surface area contributed by atoms with E-state index in [9.17, 15) is 4.79 Å². The van der Waals surface area contributed by atoms with Crippen molar-refractivity contribution in [3.05, 3.63) is 12.3 Å². The van der Waals surface area contributed by atoms with Gasteiger partial charge in [0.15, 0.2) is 0 Å². The van der Waals surface area contributed by atoms with Crippen LogP contribution in [-0.4, -0.2) is 41.8 Å². The second-order valence-electron chi connectivity index (χ2n) is 4.42. The normalized spacial score (nSPS) is 11.3. The van der Waals surface area contributed by atoms with E-state index in [0.29, 0.717) is 19.1 Å². The Kier molecular flexibility index (Phi) is 4.51. The zero-order valence-electron chi connectivity index (χ0n) is 10.6. The van der Waals surface area contributed by atoms with E-state index in [-0.39, 0.29) is 0 Å². The van der Waals surface area contributed by atoms with Crippen molar-refractivity contribution in [3.63, 3.8) is 0 Å². The third-order valence-electron chi connectivity index (χ3n) is 1.68. The predicted octanol–water partition coefficient (Wildman–Crippen LogP) is 1.69. The topological polar surface area (TPSA) is 62.6 Å². The Bertz CT molecular complexity index is 368. The fourth-order valence-electron chi connectivity index (χ4n) is 1.02. The molecule has 1 heterocycles. The molecule has 1 rings (SSSR count). The maximum atomic E-state index is 11.6. The molecule has 0 saturated carbocycles. The highest BCUT2D eigenvalue weighted by Gasteiger charge is 2.18. The lowest BCUT2D eigenvalue weighted by molar-refractivity contribution is 0.0511. The van der Waals surface area contributed by atoms with Crippen LogP contribution in [0.3, 0.4) is 0 Å². The molecule has 0 bridgehead atoms. The molecule has 0 aromatic carbocycles. The molecule has 0 aliphatic carbocycles. The van der Waals surface area contributed by atoms with Crippen molar-refractivity contribution < 1.29 is 19.0 Å². The lowest BCUT2D eigenvalue weighted by atomic mass is 10.2. The summed E-state index contributed by atoms with van der Waals surface area (Å²) in [7, 11) is 1.59. The number of methoxy groups -OCH3 is 1. The van der Waals surface area contributed by atoms with Gasteiger partial charge in [0.25, 0.3) is 0 Å². The molecular formula is C11H18N2O4. The number of carbonyl (C=O) groups is 1. The summed E-state index contributed by atoms with van der Waals surface area (Å²) in [5.74, 6) is 0.368. The lowest BCUT2D eigenvalue weighted by Gasteiger charge is -2.18. The maximum Gasteiger partial charge on any atom is 0.435 e. The molecule has 0 spiro atoms. The fraction of sp³-hybridized carbons (Fsp3) is 0.636. The number of hydrogen-bond donors (Lipinski definition) is 0. The monoisotopic (exact) mass is 242 g/mol. The summed E-state index contributed by atoms with van der Waals surface area (Å²) in [6.45, 7) is 6.25. The summed E-state index contributed by atoms with van der Waals surface area (Å²) in [5.41, 5.74) is -0.542. The van der Waals surface area contributed by atoms with Gasteiger partial charge in [-0.3, -0.25) is 0 Å². The van der Waals surface area contributed by atoms with Crippen LogP contribution in [0, 0.1) is 0 Å². The largest absolute Gasteiger partial charge is 0.474 e. The van der Waals surface area contributed by atoms with E-state index < -0.39 is 11.7 Å². The molecule has 0 unspecified atom stereocenters. The molecule has 0 aliphatic heterocycles. The summed E-state index contributed by atoms with van der Waals surface area (Å²) >= 11 is 0. The average Bonchev–Trinajstić information content (AvgIpc) is 2.64. The molecule has 1 aromatic heterocycles. The third kappa shape index (κ3) is 4.86. The highest BCUT2D eigenvalue weighted by atomic mass is 16.6. The maximum absolute atomic E-state index is 11.6. The van der Waals surface area contributed by atoms with Gasteiger partial charge in [-0.15, -0.1) is 5.10 Å². The van der Waals surface area contributed by atoms with E-state index in [1.54, 1.807) is 33.9 Å². The first kappa shape index (κ1) is 13.5. The number of carbonyl (C=O) groups excluding carboxylic acids is 1. The first-order valence-electron chi connectivity index (χ1n) is 5.33. The number of ether oxygens (including phenoxy) is 3. The first-order valence-corrected chi connectivity index (χ1v) is 5.33. The quantitative estimate of drug-likeness (QED) is 0.752. The Hall–Kier alpha value is -1.56. The molecule has 0 radical (unpaired) electrons. The van der Waals surface area contributed by atoms with E-state index >= 15 is 0 Å². The van der Waals surface area contributed by atoms with Crippen molar-refractivity contribution in [1.29, 1.82) is 0 Å². The van der Waals surface area contributed by atoms with Crippen LogP contribution in [0.25, 0.3) is 0 Å². The predicted molar refractivity (Wildman–Crippen MR) is 61.2 cm³/mol. The Morgan fingerprint density at radius 1 is 1.41 bits per heavy atom. The number of hydrogen-bond acceptors (Lipinski definition) is 5. The molecule has 6 nitrogen and oxygen atoms in total. The Balaban J connectivity index is 2.52. The minimum Gasteiger partial charge on any atom is -0.474 e. The highest BCUT2D eigenvalue weighted by molar-refractivity contribution is 5.69. The number of rotatable bonds is 4. The van der Waals surface area contributed by atoms with Crippen molar-refractivity contribution in [2.45, 2.75) is 26.4 Å². The zero-order valence-corrected chi connectivity index (χ0v) is 10.6. The van der Waals surface area contributed by atoms with Gasteiger partial charge >= 0.3 is 6.09 Å². The van der Waals surface area contributed by atoms with Crippen LogP contribution < -0.4 is 4.74 Å². The molecule has 0 atom stereocenters. The summed E-state index contributed by atoms with van der Waals surface area (Å²) in [4.78, 5) is 11.6. The minimum atomic E-state index is -0.542. The van der Waals surface area contributed by atoms with E-state index in [2.05, 4.69) is 5.10 Å². The average molecular weight is 242 g/mol.